The van der Waals surface area contributed by atoms with E-state index in [4.69, 9.17) is 15.0 Å². The van der Waals surface area contributed by atoms with Crippen molar-refractivity contribution < 1.29 is 59.8 Å². The summed E-state index contributed by atoms with van der Waals surface area (Å²) in [7, 11) is 0. The Morgan fingerprint density at radius 1 is 1.12 bits per heavy atom. The minimum Gasteiger partial charge on any atom is -0.450 e. The number of thiol groups is 2. The van der Waals surface area contributed by atoms with E-state index in [2.05, 4.69) is 23.3 Å². The van der Waals surface area contributed by atoms with Gasteiger partial charge in [-0.25, -0.2) is 4.79 Å². The molecule has 3 nitrogen and oxygen atoms in total. The van der Waals surface area contributed by atoms with Crippen molar-refractivity contribution in [3.05, 3.63) is 0 Å². The quantitative estimate of drug-likeness (QED) is 0.301. The summed E-state index contributed by atoms with van der Waals surface area (Å²) in [4.78, 5) is 8.56. The molecular weight excluding hydrogens is 340 g/mol. The maximum Gasteiger partial charge on any atom is 0.503 e. The second kappa shape index (κ2) is 23.7. The van der Waals surface area contributed by atoms with Crippen LogP contribution in [0.25, 0.3) is 0 Å². The molecule has 0 fully saturated rings. The van der Waals surface area contributed by atoms with Crippen LogP contribution in [-0.4, -0.2) is 16.4 Å². The van der Waals surface area contributed by atoms with E-state index >= 15 is 0 Å². The van der Waals surface area contributed by atoms with Gasteiger partial charge in [0.2, 0.25) is 0 Å². The molecule has 0 saturated heterocycles. The van der Waals surface area contributed by atoms with Crippen molar-refractivity contribution in [2.45, 2.75) is 0 Å². The average Bonchev–Trinajstić information content (AvgIpc) is 1.41. The van der Waals surface area contributed by atoms with Crippen LogP contribution in [0.15, 0.2) is 0 Å². The van der Waals surface area contributed by atoms with E-state index in [-0.39, 0.29) is 44.8 Å². The van der Waals surface area contributed by atoms with Crippen LogP contribution in [0.2, 0.25) is 0 Å². The summed E-state index contributed by atoms with van der Waals surface area (Å²) in [5, 5.41) is 13.9. The van der Waals surface area contributed by atoms with Crippen LogP contribution >= 0.6 is 23.3 Å². The molecule has 0 aromatic heterocycles. The molecule has 7 heteroatoms. The first-order chi connectivity index (χ1) is 2.73. The van der Waals surface area contributed by atoms with E-state index in [1.165, 1.54) is 0 Å². The van der Waals surface area contributed by atoms with E-state index in [0.29, 0.717) is 0 Å². The van der Waals surface area contributed by atoms with Crippen molar-refractivity contribution in [2.75, 3.05) is 0 Å². The van der Waals surface area contributed by atoms with Gasteiger partial charge in [0.1, 0.15) is 0 Å². The van der Waals surface area contributed by atoms with Gasteiger partial charge >= 0.3 is 6.16 Å². The molecule has 0 bridgehead atoms. The molecule has 0 amide bonds. The first kappa shape index (κ1) is 22.7. The minimum atomic E-state index is -1.83. The van der Waals surface area contributed by atoms with Crippen molar-refractivity contribution in [2.24, 2.45) is 0 Å². The summed E-state index contributed by atoms with van der Waals surface area (Å²) in [6.45, 7) is 0. The van der Waals surface area contributed by atoms with E-state index in [1.54, 1.807) is 0 Å². The molecule has 0 aliphatic heterocycles. The summed E-state index contributed by atoms with van der Waals surface area (Å²) in [5.41, 5.74) is 0. The van der Waals surface area contributed by atoms with Crippen molar-refractivity contribution >= 4 is 29.5 Å². The maximum atomic E-state index is 8.56. The number of hydrogen-bond donors (Lipinski definition) is 4. The van der Waals surface area contributed by atoms with Crippen LogP contribution in [0.3, 0.4) is 0 Å². The van der Waals surface area contributed by atoms with Crippen molar-refractivity contribution in [1.29, 1.82) is 0 Å². The molecule has 0 rings (SSSR count). The predicted molar refractivity (Wildman–Crippen MR) is 28.6 cm³/mol. The van der Waals surface area contributed by atoms with Gasteiger partial charge in [-0.15, -0.1) is 23.3 Å². The molecule has 2 N–H and O–H groups in total. The number of carboxylic acid groups (broad SMARTS) is 2. The van der Waals surface area contributed by atoms with Crippen LogP contribution in [-0.2, 0) is 44.8 Å². The van der Waals surface area contributed by atoms with E-state index in [0.717, 1.165) is 0 Å². The van der Waals surface area contributed by atoms with E-state index < -0.39 is 6.16 Å². The molecule has 0 spiro atoms. The molecule has 0 atom stereocenters. The van der Waals surface area contributed by atoms with Crippen molar-refractivity contribution in [1.82, 2.24) is 0 Å². The molecule has 0 aliphatic rings. The molecule has 0 unspecified atom stereocenters. The molecular formula is CH4Ag2O3S2. The maximum absolute atomic E-state index is 8.56. The van der Waals surface area contributed by atoms with E-state index in [1.807, 2.05) is 0 Å². The van der Waals surface area contributed by atoms with Crippen LogP contribution in [0, 0.1) is 0 Å². The fourth-order valence-corrected chi connectivity index (χ4v) is 0. The van der Waals surface area contributed by atoms with Crippen LogP contribution in [0.1, 0.15) is 0 Å². The zero-order valence-corrected chi connectivity index (χ0v) is 8.05. The van der Waals surface area contributed by atoms with Gasteiger partial charge in [0.05, 0.1) is 0 Å². The summed E-state index contributed by atoms with van der Waals surface area (Å²) in [6, 6.07) is 0. The molecule has 0 aliphatic carbocycles. The van der Waals surface area contributed by atoms with Gasteiger partial charge < -0.3 is 10.2 Å². The van der Waals surface area contributed by atoms with Gasteiger partial charge in [-0.1, -0.05) is 0 Å². The van der Waals surface area contributed by atoms with Gasteiger partial charge in [0, 0.05) is 44.8 Å². The fraction of sp³-hybridized carbons (Fsp3) is 0. The Kier molecular flexibility index (Phi) is 67.2. The normalized spacial score (nSPS) is 3.75. The molecule has 0 saturated carbocycles. The zero-order chi connectivity index (χ0) is 5.58. The Labute approximate surface area is 88.5 Å². The molecule has 0 aromatic carbocycles. The van der Waals surface area contributed by atoms with E-state index in [9.17, 15) is 0 Å². The Morgan fingerprint density at radius 3 is 1.12 bits per heavy atom. The number of hydrogen-bond acceptors (Lipinski definition) is 3. The van der Waals surface area contributed by atoms with Gasteiger partial charge in [-0.05, 0) is 0 Å². The van der Waals surface area contributed by atoms with Gasteiger partial charge in [0.15, 0.2) is 0 Å². The molecule has 0 aromatic rings. The predicted octanol–water partition coefficient (Wildman–Crippen LogP) is 0.978. The second-order valence-corrected chi connectivity index (χ2v) is 0.283. The zero-order valence-electron chi connectivity index (χ0n) is 3.30. The largest absolute Gasteiger partial charge is 0.503 e. The van der Waals surface area contributed by atoms with Gasteiger partial charge in [-0.3, -0.25) is 0 Å². The summed E-state index contributed by atoms with van der Waals surface area (Å²) in [6.07, 6.45) is -1.83. The van der Waals surface area contributed by atoms with Gasteiger partial charge in [-0.2, -0.15) is 0 Å². The van der Waals surface area contributed by atoms with Crippen molar-refractivity contribution in [3.8, 4) is 0 Å². The SMILES string of the molecule is O=C(O)O.SS.[Ag].[Ag]. The Hall–Kier alpha value is 1.45. The van der Waals surface area contributed by atoms with Crippen LogP contribution in [0.4, 0.5) is 4.79 Å². The average molecular weight is 344 g/mol. The third kappa shape index (κ3) is 147. The topological polar surface area (TPSA) is 57.5 Å². The first-order valence-electron chi connectivity index (χ1n) is 0.851. The fourth-order valence-electron chi connectivity index (χ4n) is 0. The van der Waals surface area contributed by atoms with Crippen LogP contribution < -0.4 is 0 Å². The Balaban J connectivity index is -0.0000000183. The minimum absolute atomic E-state index is 0. The number of rotatable bonds is 0. The number of carbonyl (C=O) groups is 1. The molecule has 0 heterocycles. The van der Waals surface area contributed by atoms with Gasteiger partial charge in [0.25, 0.3) is 0 Å². The Morgan fingerprint density at radius 2 is 1.12 bits per heavy atom. The monoisotopic (exact) mass is 342 g/mol. The summed E-state index contributed by atoms with van der Waals surface area (Å²) < 4.78 is 0. The smallest absolute Gasteiger partial charge is 0.450 e. The van der Waals surface area contributed by atoms with Crippen LogP contribution in [0.5, 0.6) is 0 Å². The first-order valence-corrected chi connectivity index (χ1v) is 2.45. The standard InChI is InChI=1S/CH2O3.2Ag.H2S2/c2-1(3)4;;;1-2/h(H2,2,3,4);;;1-2H. The Bertz CT molecular complexity index is 38.3. The summed E-state index contributed by atoms with van der Waals surface area (Å²) in [5.74, 6) is 0. The molecule has 8 heavy (non-hydrogen) atoms. The molecule has 2 radical (unpaired) electrons. The third-order valence-electron chi connectivity index (χ3n) is 0. The second-order valence-electron chi connectivity index (χ2n) is 0.283. The van der Waals surface area contributed by atoms with Crippen molar-refractivity contribution in [3.63, 3.8) is 0 Å². The summed E-state index contributed by atoms with van der Waals surface area (Å²) >= 11 is 6.44. The third-order valence-corrected chi connectivity index (χ3v) is 0. The molecule has 60 valence electrons.